The Kier molecular flexibility index (Phi) is 3.83. The van der Waals surface area contributed by atoms with Gasteiger partial charge >= 0.3 is 0 Å². The van der Waals surface area contributed by atoms with E-state index in [4.69, 9.17) is 9.68 Å². The summed E-state index contributed by atoms with van der Waals surface area (Å²) < 4.78 is 0. The first-order valence-electron chi connectivity index (χ1n) is 4.35. The first-order valence-corrected chi connectivity index (χ1v) is 4.35. The van der Waals surface area contributed by atoms with Gasteiger partial charge in [-0.1, -0.05) is 18.5 Å². The second-order valence-electron chi connectivity index (χ2n) is 3.27. The maximum atomic E-state index is 5.24. The van der Waals surface area contributed by atoms with Gasteiger partial charge in [0.2, 0.25) is 0 Å². The van der Waals surface area contributed by atoms with Gasteiger partial charge in [0.1, 0.15) is 0 Å². The third-order valence-electron chi connectivity index (χ3n) is 1.80. The van der Waals surface area contributed by atoms with E-state index in [0.29, 0.717) is 6.10 Å². The average molecular weight is 159 g/mol. The molecule has 1 rings (SSSR count). The minimum Gasteiger partial charge on any atom is -0.274 e. The molecule has 0 spiro atoms. The summed E-state index contributed by atoms with van der Waals surface area (Å²) in [5.41, 5.74) is 2.53. The summed E-state index contributed by atoms with van der Waals surface area (Å²) >= 11 is 0. The summed E-state index contributed by atoms with van der Waals surface area (Å²) in [5, 5.41) is 0. The van der Waals surface area contributed by atoms with Crippen LogP contribution in [0.15, 0.2) is 0 Å². The molecule has 1 N–H and O–H groups in total. The second kappa shape index (κ2) is 4.70. The second-order valence-corrected chi connectivity index (χ2v) is 3.27. The molecule has 0 aromatic rings. The summed E-state index contributed by atoms with van der Waals surface area (Å²) in [6.45, 7) is 3.93. The molecule has 1 aliphatic carbocycles. The molecule has 11 heavy (non-hydrogen) atoms. The fraction of sp³-hybridized carbons (Fsp3) is 1.00. The summed E-state index contributed by atoms with van der Waals surface area (Å²) in [7, 11) is 0. The van der Waals surface area contributed by atoms with Crippen molar-refractivity contribution in [1.82, 2.24) is 5.64 Å². The Morgan fingerprint density at radius 2 is 1.91 bits per heavy atom. The normalized spacial score (nSPS) is 19.9. The maximum Gasteiger partial charge on any atom is 0.0817 e. The van der Waals surface area contributed by atoms with E-state index in [0.717, 1.165) is 12.8 Å². The van der Waals surface area contributed by atoms with Gasteiger partial charge in [0, 0.05) is 0 Å². The molecular formula is C8H17NO2. The zero-order valence-corrected chi connectivity index (χ0v) is 7.30. The Balaban J connectivity index is 1.94. The summed E-state index contributed by atoms with van der Waals surface area (Å²) in [6, 6.07) is 0. The molecule has 0 aromatic carbocycles. The monoisotopic (exact) mass is 159 g/mol. The Hall–Kier alpha value is -0.120. The van der Waals surface area contributed by atoms with E-state index in [9.17, 15) is 0 Å². The van der Waals surface area contributed by atoms with Crippen LogP contribution in [0.1, 0.15) is 39.5 Å². The van der Waals surface area contributed by atoms with Gasteiger partial charge in [0.05, 0.1) is 12.2 Å². The van der Waals surface area contributed by atoms with Crippen LogP contribution in [-0.4, -0.2) is 12.2 Å². The molecule has 1 saturated carbocycles. The Bertz CT molecular complexity index is 100. The number of rotatable bonds is 4. The lowest BCUT2D eigenvalue weighted by molar-refractivity contribution is -0.213. The van der Waals surface area contributed by atoms with Crippen molar-refractivity contribution in [2.45, 2.75) is 51.7 Å². The van der Waals surface area contributed by atoms with Crippen LogP contribution < -0.4 is 5.64 Å². The van der Waals surface area contributed by atoms with Gasteiger partial charge in [-0.25, -0.2) is 0 Å². The largest absolute Gasteiger partial charge is 0.274 e. The smallest absolute Gasteiger partial charge is 0.0817 e. The predicted octanol–water partition coefficient (Wildman–Crippen LogP) is 1.79. The molecule has 3 nitrogen and oxygen atoms in total. The molecule has 0 heterocycles. The maximum absolute atomic E-state index is 5.24. The van der Waals surface area contributed by atoms with Gasteiger partial charge in [-0.3, -0.25) is 9.68 Å². The van der Waals surface area contributed by atoms with E-state index >= 15 is 0 Å². The third kappa shape index (κ3) is 3.70. The number of hydrogen-bond acceptors (Lipinski definition) is 3. The highest BCUT2D eigenvalue weighted by atomic mass is 16.9. The molecule has 66 valence electrons. The van der Waals surface area contributed by atoms with Gasteiger partial charge < -0.3 is 0 Å². The van der Waals surface area contributed by atoms with Gasteiger partial charge in [-0.05, 0) is 26.7 Å². The van der Waals surface area contributed by atoms with E-state index in [1.807, 2.05) is 13.8 Å². The standard InChI is InChI=1S/C8H17NO2/c1-7(2)10-9-11-8-5-3-4-6-8/h7-9H,3-6H2,1-2H3. The lowest BCUT2D eigenvalue weighted by Gasteiger charge is -2.12. The molecule has 0 bridgehead atoms. The molecule has 0 unspecified atom stereocenters. The molecule has 3 heteroatoms. The molecule has 0 saturated heterocycles. The van der Waals surface area contributed by atoms with Crippen LogP contribution in [0.5, 0.6) is 0 Å². The fourth-order valence-electron chi connectivity index (χ4n) is 1.20. The van der Waals surface area contributed by atoms with Crippen molar-refractivity contribution in [1.29, 1.82) is 0 Å². The molecule has 1 fully saturated rings. The van der Waals surface area contributed by atoms with Crippen molar-refractivity contribution in [2.75, 3.05) is 0 Å². The van der Waals surface area contributed by atoms with Crippen molar-refractivity contribution in [2.24, 2.45) is 0 Å². The topological polar surface area (TPSA) is 30.5 Å². The quantitative estimate of drug-likeness (QED) is 0.634. The van der Waals surface area contributed by atoms with Crippen molar-refractivity contribution in [3.63, 3.8) is 0 Å². The minimum absolute atomic E-state index is 0.177. The van der Waals surface area contributed by atoms with Crippen LogP contribution in [0.3, 0.4) is 0 Å². The SMILES string of the molecule is CC(C)ONOC1CCCC1. The van der Waals surface area contributed by atoms with Gasteiger partial charge in [0.15, 0.2) is 0 Å². The van der Waals surface area contributed by atoms with Gasteiger partial charge in [-0.15, -0.1) is 0 Å². The lowest BCUT2D eigenvalue weighted by Crippen LogP contribution is -2.25. The van der Waals surface area contributed by atoms with Gasteiger partial charge in [0.25, 0.3) is 0 Å². The van der Waals surface area contributed by atoms with E-state index in [1.165, 1.54) is 12.8 Å². The van der Waals surface area contributed by atoms with Crippen LogP contribution in [-0.2, 0) is 9.68 Å². The predicted molar refractivity (Wildman–Crippen MR) is 42.7 cm³/mol. The van der Waals surface area contributed by atoms with Crippen LogP contribution in [0.2, 0.25) is 0 Å². The highest BCUT2D eigenvalue weighted by Gasteiger charge is 2.15. The molecule has 1 aliphatic rings. The van der Waals surface area contributed by atoms with Crippen LogP contribution >= 0.6 is 0 Å². The summed E-state index contributed by atoms with van der Waals surface area (Å²) in [6.07, 6.45) is 5.44. The van der Waals surface area contributed by atoms with Crippen LogP contribution in [0.4, 0.5) is 0 Å². The molecular weight excluding hydrogens is 142 g/mol. The van der Waals surface area contributed by atoms with Crippen molar-refractivity contribution in [3.05, 3.63) is 0 Å². The lowest BCUT2D eigenvalue weighted by atomic mass is 10.3. The minimum atomic E-state index is 0.177. The Morgan fingerprint density at radius 3 is 2.45 bits per heavy atom. The van der Waals surface area contributed by atoms with Crippen molar-refractivity contribution in [3.8, 4) is 0 Å². The summed E-state index contributed by atoms with van der Waals surface area (Å²) in [4.78, 5) is 10.3. The highest BCUT2D eigenvalue weighted by Crippen LogP contribution is 2.19. The molecule has 0 amide bonds. The number of hydrogen-bond donors (Lipinski definition) is 1. The van der Waals surface area contributed by atoms with E-state index < -0.39 is 0 Å². The van der Waals surface area contributed by atoms with E-state index in [-0.39, 0.29) is 6.10 Å². The molecule has 0 radical (unpaired) electrons. The highest BCUT2D eigenvalue weighted by molar-refractivity contribution is 4.65. The fourth-order valence-corrected chi connectivity index (χ4v) is 1.20. The first kappa shape index (κ1) is 8.97. The van der Waals surface area contributed by atoms with E-state index in [2.05, 4.69) is 5.64 Å². The summed E-state index contributed by atoms with van der Waals surface area (Å²) in [5.74, 6) is 0. The first-order chi connectivity index (χ1) is 5.29. The third-order valence-corrected chi connectivity index (χ3v) is 1.80. The molecule has 0 aromatic heterocycles. The average Bonchev–Trinajstić information content (AvgIpc) is 2.39. The van der Waals surface area contributed by atoms with Crippen molar-refractivity contribution >= 4 is 0 Å². The zero-order chi connectivity index (χ0) is 8.10. The Labute approximate surface area is 68.0 Å². The molecule has 0 aliphatic heterocycles. The van der Waals surface area contributed by atoms with Gasteiger partial charge in [-0.2, -0.15) is 0 Å². The van der Waals surface area contributed by atoms with E-state index in [1.54, 1.807) is 0 Å². The van der Waals surface area contributed by atoms with Crippen LogP contribution in [0.25, 0.3) is 0 Å². The van der Waals surface area contributed by atoms with Crippen LogP contribution in [0, 0.1) is 0 Å². The Morgan fingerprint density at radius 1 is 1.27 bits per heavy atom. The number of nitrogens with one attached hydrogen (secondary N) is 1. The zero-order valence-electron chi connectivity index (χ0n) is 7.30. The molecule has 0 atom stereocenters. The van der Waals surface area contributed by atoms with Crippen molar-refractivity contribution < 1.29 is 9.68 Å².